The van der Waals surface area contributed by atoms with Crippen molar-refractivity contribution in [2.24, 2.45) is 0 Å². The Morgan fingerprint density at radius 1 is 1.21 bits per heavy atom. The van der Waals surface area contributed by atoms with E-state index in [9.17, 15) is 22.4 Å². The number of sulfonamides is 1. The van der Waals surface area contributed by atoms with E-state index >= 15 is 0 Å². The summed E-state index contributed by atoms with van der Waals surface area (Å²) in [5.41, 5.74) is 1.54. The van der Waals surface area contributed by atoms with Gasteiger partial charge in [0.1, 0.15) is 5.82 Å². The van der Waals surface area contributed by atoms with Crippen molar-refractivity contribution >= 4 is 32.4 Å². The van der Waals surface area contributed by atoms with E-state index in [-0.39, 0.29) is 23.2 Å². The monoisotopic (exact) mass is 401 g/mol. The lowest BCUT2D eigenvalue weighted by Gasteiger charge is -2.16. The van der Waals surface area contributed by atoms with Crippen LogP contribution in [0.4, 0.5) is 10.1 Å². The van der Waals surface area contributed by atoms with E-state index in [1.165, 1.54) is 27.3 Å². The maximum absolute atomic E-state index is 13.3. The highest BCUT2D eigenvalue weighted by Gasteiger charge is 2.26. The zero-order chi connectivity index (χ0) is 20.1. The molecule has 0 fully saturated rings. The maximum atomic E-state index is 13.3. The van der Waals surface area contributed by atoms with E-state index < -0.39 is 21.4 Å². The van der Waals surface area contributed by atoms with E-state index in [1.54, 1.807) is 18.2 Å². The lowest BCUT2D eigenvalue weighted by molar-refractivity contribution is 0.0970. The van der Waals surface area contributed by atoms with Gasteiger partial charge in [0.15, 0.2) is 5.78 Å². The van der Waals surface area contributed by atoms with Gasteiger partial charge in [0.2, 0.25) is 10.0 Å². The summed E-state index contributed by atoms with van der Waals surface area (Å²) in [6, 6.07) is 8.51. The number of carbonyl (C=O) groups is 1. The van der Waals surface area contributed by atoms with Gasteiger partial charge in [-0.2, -0.15) is 0 Å². The minimum Gasteiger partial charge on any atom is -0.292 e. The fourth-order valence-corrected chi connectivity index (χ4v) is 4.34. The fraction of sp³-hybridized carbons (Fsp3) is 0.211. The van der Waals surface area contributed by atoms with Crippen molar-refractivity contribution in [3.63, 3.8) is 0 Å². The Hall–Kier alpha value is -3.07. The number of nitrogens with zero attached hydrogens (tertiary/aromatic N) is 3. The molecule has 28 heavy (non-hydrogen) atoms. The first kappa shape index (κ1) is 18.3. The number of anilines is 1. The standard InChI is InChI=1S/C19H16FN3O4S/c1-28(26,27)23-7-6-12-8-13(2-5-17(12)23)18(24)10-22-11-21-16-9-14(20)3-4-15(16)19(22)25/h2-5,8-9,11H,6-7,10H2,1H3. The quantitative estimate of drug-likeness (QED) is 0.622. The number of rotatable bonds is 4. The minimum atomic E-state index is -3.36. The Bertz CT molecular complexity index is 1280. The highest BCUT2D eigenvalue weighted by molar-refractivity contribution is 7.92. The molecule has 0 amide bonds. The summed E-state index contributed by atoms with van der Waals surface area (Å²) in [4.78, 5) is 29.2. The predicted molar refractivity (Wildman–Crippen MR) is 103 cm³/mol. The number of hydrogen-bond acceptors (Lipinski definition) is 5. The lowest BCUT2D eigenvalue weighted by atomic mass is 10.1. The largest absolute Gasteiger partial charge is 0.292 e. The van der Waals surface area contributed by atoms with Crippen LogP contribution in [0.2, 0.25) is 0 Å². The van der Waals surface area contributed by atoms with Crippen LogP contribution >= 0.6 is 0 Å². The Morgan fingerprint density at radius 3 is 2.75 bits per heavy atom. The molecule has 0 atom stereocenters. The molecule has 0 unspecified atom stereocenters. The van der Waals surface area contributed by atoms with E-state index in [0.717, 1.165) is 17.9 Å². The van der Waals surface area contributed by atoms with Crippen LogP contribution in [0.5, 0.6) is 0 Å². The van der Waals surface area contributed by atoms with Crippen LogP contribution in [-0.4, -0.2) is 36.6 Å². The molecule has 0 radical (unpaired) electrons. The number of benzene rings is 2. The third-order valence-corrected chi connectivity index (χ3v) is 5.94. The van der Waals surface area contributed by atoms with Gasteiger partial charge in [-0.1, -0.05) is 0 Å². The molecule has 0 saturated heterocycles. The highest BCUT2D eigenvalue weighted by Crippen LogP contribution is 2.30. The smallest absolute Gasteiger partial charge is 0.261 e. The molecular formula is C19H16FN3O4S. The van der Waals surface area contributed by atoms with Crippen LogP contribution in [0.3, 0.4) is 0 Å². The summed E-state index contributed by atoms with van der Waals surface area (Å²) >= 11 is 0. The third kappa shape index (κ3) is 3.18. The van der Waals surface area contributed by atoms with Gasteiger partial charge >= 0.3 is 0 Å². The van der Waals surface area contributed by atoms with Gasteiger partial charge in [-0.25, -0.2) is 17.8 Å². The van der Waals surface area contributed by atoms with Gasteiger partial charge in [-0.3, -0.25) is 18.5 Å². The molecule has 0 spiro atoms. The molecule has 3 aromatic rings. The Kier molecular flexibility index (Phi) is 4.26. The first-order valence-electron chi connectivity index (χ1n) is 8.52. The second kappa shape index (κ2) is 6.52. The normalized spacial score (nSPS) is 13.7. The number of carbonyl (C=O) groups excluding carboxylic acids is 1. The maximum Gasteiger partial charge on any atom is 0.261 e. The number of fused-ring (bicyclic) bond motifs is 2. The van der Waals surface area contributed by atoms with E-state index in [0.29, 0.717) is 24.2 Å². The van der Waals surface area contributed by atoms with Crippen LogP contribution in [0.15, 0.2) is 47.5 Å². The van der Waals surface area contributed by atoms with Gasteiger partial charge in [0.05, 0.1) is 35.7 Å². The third-order valence-electron chi connectivity index (χ3n) is 4.76. The molecule has 1 aliphatic rings. The second-order valence-electron chi connectivity index (χ2n) is 6.69. The molecule has 0 saturated carbocycles. The zero-order valence-electron chi connectivity index (χ0n) is 14.9. The summed E-state index contributed by atoms with van der Waals surface area (Å²) in [6.07, 6.45) is 2.89. The molecule has 2 heterocycles. The van der Waals surface area contributed by atoms with Crippen molar-refractivity contribution in [1.82, 2.24) is 9.55 Å². The van der Waals surface area contributed by atoms with Crippen molar-refractivity contribution in [2.75, 3.05) is 17.1 Å². The SMILES string of the molecule is CS(=O)(=O)N1CCc2cc(C(=O)Cn3cnc4cc(F)ccc4c3=O)ccc21. The van der Waals surface area contributed by atoms with Crippen molar-refractivity contribution in [3.05, 3.63) is 70.0 Å². The summed E-state index contributed by atoms with van der Waals surface area (Å²) in [6.45, 7) is 0.129. The average Bonchev–Trinajstić information content (AvgIpc) is 3.07. The summed E-state index contributed by atoms with van der Waals surface area (Å²) < 4.78 is 39.4. The molecule has 0 aliphatic carbocycles. The van der Waals surface area contributed by atoms with Gasteiger partial charge in [-0.15, -0.1) is 0 Å². The first-order valence-corrected chi connectivity index (χ1v) is 10.4. The molecule has 2 aromatic carbocycles. The van der Waals surface area contributed by atoms with Crippen LogP contribution < -0.4 is 9.86 Å². The topological polar surface area (TPSA) is 89.3 Å². The summed E-state index contributed by atoms with van der Waals surface area (Å²) in [5.74, 6) is -0.791. The molecule has 0 bridgehead atoms. The van der Waals surface area contributed by atoms with Crippen LogP contribution in [0.25, 0.3) is 10.9 Å². The molecule has 7 nitrogen and oxygen atoms in total. The summed E-state index contributed by atoms with van der Waals surface area (Å²) in [5, 5.41) is 0.231. The number of Topliss-reactive ketones (excluding diaryl/α,β-unsaturated/α-hetero) is 1. The predicted octanol–water partition coefficient (Wildman–Crippen LogP) is 1.74. The molecule has 4 rings (SSSR count). The Balaban J connectivity index is 1.63. The van der Waals surface area contributed by atoms with E-state index in [4.69, 9.17) is 0 Å². The van der Waals surface area contributed by atoms with Crippen molar-refractivity contribution in [1.29, 1.82) is 0 Å². The number of aromatic nitrogens is 2. The molecule has 0 N–H and O–H groups in total. The number of ketones is 1. The second-order valence-corrected chi connectivity index (χ2v) is 8.60. The van der Waals surface area contributed by atoms with Gasteiger partial charge < -0.3 is 0 Å². The number of halogens is 1. The van der Waals surface area contributed by atoms with Gasteiger partial charge in [-0.05, 0) is 42.3 Å². The molecule has 144 valence electrons. The van der Waals surface area contributed by atoms with Crippen molar-refractivity contribution < 1.29 is 17.6 Å². The van der Waals surface area contributed by atoms with E-state index in [1.807, 2.05) is 0 Å². The van der Waals surface area contributed by atoms with E-state index in [2.05, 4.69) is 4.98 Å². The molecule has 1 aliphatic heterocycles. The number of hydrogen-bond donors (Lipinski definition) is 0. The van der Waals surface area contributed by atoms with Gasteiger partial charge in [0, 0.05) is 18.2 Å². The fourth-order valence-electron chi connectivity index (χ4n) is 3.38. The van der Waals surface area contributed by atoms with Crippen LogP contribution in [0.1, 0.15) is 15.9 Å². The van der Waals surface area contributed by atoms with Gasteiger partial charge in [0.25, 0.3) is 5.56 Å². The van der Waals surface area contributed by atoms with Crippen molar-refractivity contribution in [2.45, 2.75) is 13.0 Å². The Morgan fingerprint density at radius 2 is 2.00 bits per heavy atom. The molecule has 1 aromatic heterocycles. The Labute approximate surface area is 160 Å². The molecule has 9 heteroatoms. The van der Waals surface area contributed by atoms with Crippen molar-refractivity contribution in [3.8, 4) is 0 Å². The lowest BCUT2D eigenvalue weighted by Crippen LogP contribution is -2.27. The van der Waals surface area contributed by atoms with Crippen LogP contribution in [-0.2, 0) is 23.0 Å². The first-order chi connectivity index (χ1) is 13.2. The highest BCUT2D eigenvalue weighted by atomic mass is 32.2. The summed E-state index contributed by atoms with van der Waals surface area (Å²) in [7, 11) is -3.36. The zero-order valence-corrected chi connectivity index (χ0v) is 15.7. The van der Waals surface area contributed by atoms with Crippen LogP contribution in [0, 0.1) is 5.82 Å². The average molecular weight is 401 g/mol. The molecular weight excluding hydrogens is 385 g/mol. The minimum absolute atomic E-state index is 0.215.